The van der Waals surface area contributed by atoms with Crippen LogP contribution < -0.4 is 5.73 Å². The lowest BCUT2D eigenvalue weighted by Gasteiger charge is -2.30. The van der Waals surface area contributed by atoms with Gasteiger partial charge >= 0.3 is 0 Å². The van der Waals surface area contributed by atoms with E-state index in [1.54, 1.807) is 6.20 Å². The second-order valence-electron chi connectivity index (χ2n) is 4.77. The highest BCUT2D eigenvalue weighted by Crippen LogP contribution is 2.21. The molecule has 2 aliphatic rings. The van der Waals surface area contributed by atoms with Crippen molar-refractivity contribution in [3.63, 3.8) is 0 Å². The SMILES string of the molecule is CC/C(=C/N)C1=NCC(N2CCCC2)CC1. The number of hydrogen-bond donors (Lipinski definition) is 1. The summed E-state index contributed by atoms with van der Waals surface area (Å²) in [4.78, 5) is 7.33. The molecule has 0 aromatic rings. The molecule has 3 nitrogen and oxygen atoms in total. The molecular weight excluding hydrogens is 198 g/mol. The summed E-state index contributed by atoms with van der Waals surface area (Å²) in [5.74, 6) is 0. The maximum Gasteiger partial charge on any atom is 0.0548 e. The Kier molecular flexibility index (Phi) is 3.99. The first kappa shape index (κ1) is 11.6. The molecule has 1 fully saturated rings. The molecule has 1 unspecified atom stereocenters. The third-order valence-electron chi connectivity index (χ3n) is 3.82. The van der Waals surface area contributed by atoms with Crippen LogP contribution in [0.4, 0.5) is 0 Å². The number of nitrogens with two attached hydrogens (primary N) is 1. The van der Waals surface area contributed by atoms with Gasteiger partial charge in [0, 0.05) is 11.8 Å². The van der Waals surface area contributed by atoms with E-state index in [2.05, 4.69) is 11.8 Å². The summed E-state index contributed by atoms with van der Waals surface area (Å²) in [6.45, 7) is 5.69. The van der Waals surface area contributed by atoms with Crippen molar-refractivity contribution in [3.8, 4) is 0 Å². The fraction of sp³-hybridized carbons (Fsp3) is 0.769. The Morgan fingerprint density at radius 1 is 1.50 bits per heavy atom. The molecule has 3 heteroatoms. The van der Waals surface area contributed by atoms with Gasteiger partial charge in [-0.25, -0.2) is 0 Å². The molecule has 0 aliphatic carbocycles. The lowest BCUT2D eigenvalue weighted by atomic mass is 9.97. The summed E-state index contributed by atoms with van der Waals surface area (Å²) in [5.41, 5.74) is 8.10. The summed E-state index contributed by atoms with van der Waals surface area (Å²) in [7, 11) is 0. The molecule has 0 saturated carbocycles. The first-order valence-corrected chi connectivity index (χ1v) is 6.53. The molecule has 2 N–H and O–H groups in total. The first-order valence-electron chi connectivity index (χ1n) is 6.53. The van der Waals surface area contributed by atoms with Crippen LogP contribution in [0.1, 0.15) is 39.0 Å². The molecule has 0 amide bonds. The van der Waals surface area contributed by atoms with E-state index in [1.165, 1.54) is 43.6 Å². The highest BCUT2D eigenvalue weighted by atomic mass is 15.2. The summed E-state index contributed by atoms with van der Waals surface area (Å²) in [6, 6.07) is 0.696. The zero-order valence-corrected chi connectivity index (χ0v) is 10.3. The molecule has 16 heavy (non-hydrogen) atoms. The van der Waals surface area contributed by atoms with E-state index in [0.717, 1.165) is 19.4 Å². The van der Waals surface area contributed by atoms with Crippen LogP contribution in [-0.2, 0) is 0 Å². The van der Waals surface area contributed by atoms with Gasteiger partial charge < -0.3 is 5.73 Å². The molecule has 1 atom stereocenters. The van der Waals surface area contributed by atoms with Gasteiger partial charge in [0.1, 0.15) is 0 Å². The van der Waals surface area contributed by atoms with Crippen molar-refractivity contribution in [1.29, 1.82) is 0 Å². The molecule has 0 aromatic heterocycles. The van der Waals surface area contributed by atoms with E-state index in [-0.39, 0.29) is 0 Å². The van der Waals surface area contributed by atoms with Crippen molar-refractivity contribution in [2.75, 3.05) is 19.6 Å². The summed E-state index contributed by atoms with van der Waals surface area (Å²) < 4.78 is 0. The fourth-order valence-corrected chi connectivity index (χ4v) is 2.77. The highest BCUT2D eigenvalue weighted by molar-refractivity contribution is 6.00. The Bertz CT molecular complexity index is 288. The molecular formula is C13H23N3. The van der Waals surface area contributed by atoms with Gasteiger partial charge in [-0.3, -0.25) is 9.89 Å². The molecule has 2 aliphatic heterocycles. The monoisotopic (exact) mass is 221 g/mol. The van der Waals surface area contributed by atoms with E-state index < -0.39 is 0 Å². The minimum Gasteiger partial charge on any atom is -0.404 e. The zero-order chi connectivity index (χ0) is 11.4. The van der Waals surface area contributed by atoms with Crippen molar-refractivity contribution in [2.24, 2.45) is 10.7 Å². The van der Waals surface area contributed by atoms with Crippen LogP contribution in [0.2, 0.25) is 0 Å². The number of nitrogens with zero attached hydrogens (tertiary/aromatic N) is 2. The maximum atomic E-state index is 5.62. The van der Waals surface area contributed by atoms with Crippen LogP contribution in [0.5, 0.6) is 0 Å². The lowest BCUT2D eigenvalue weighted by Crippen LogP contribution is -2.38. The second kappa shape index (κ2) is 5.48. The minimum atomic E-state index is 0.696. The molecule has 0 radical (unpaired) electrons. The van der Waals surface area contributed by atoms with Crippen molar-refractivity contribution >= 4 is 5.71 Å². The molecule has 0 bridgehead atoms. The van der Waals surface area contributed by atoms with Crippen LogP contribution in [0.15, 0.2) is 16.8 Å². The number of aliphatic imine (C=N–C) groups is 1. The van der Waals surface area contributed by atoms with Crippen molar-refractivity contribution < 1.29 is 0 Å². The van der Waals surface area contributed by atoms with Crippen LogP contribution in [0, 0.1) is 0 Å². The molecule has 2 rings (SSSR count). The number of likely N-dealkylation sites (tertiary alicyclic amines) is 1. The topological polar surface area (TPSA) is 41.6 Å². The predicted molar refractivity (Wildman–Crippen MR) is 68.7 cm³/mol. The molecule has 90 valence electrons. The Morgan fingerprint density at radius 3 is 2.75 bits per heavy atom. The van der Waals surface area contributed by atoms with Gasteiger partial charge in [0.2, 0.25) is 0 Å². The Morgan fingerprint density at radius 2 is 2.25 bits per heavy atom. The molecule has 0 spiro atoms. The quantitative estimate of drug-likeness (QED) is 0.791. The van der Waals surface area contributed by atoms with Gasteiger partial charge in [-0.1, -0.05) is 6.92 Å². The summed E-state index contributed by atoms with van der Waals surface area (Å²) >= 11 is 0. The maximum absolute atomic E-state index is 5.62. The van der Waals surface area contributed by atoms with Crippen molar-refractivity contribution in [2.45, 2.75) is 45.1 Å². The standard InChI is InChI=1S/C13H23N3/c1-2-11(9-14)13-6-5-12(10-15-13)16-7-3-4-8-16/h9,12H,2-8,10,14H2,1H3/b11-9-. The largest absolute Gasteiger partial charge is 0.404 e. The van der Waals surface area contributed by atoms with Crippen LogP contribution in [0.3, 0.4) is 0 Å². The smallest absolute Gasteiger partial charge is 0.0548 e. The molecule has 1 saturated heterocycles. The summed E-state index contributed by atoms with van der Waals surface area (Å²) in [6.07, 6.45) is 7.85. The highest BCUT2D eigenvalue weighted by Gasteiger charge is 2.24. The summed E-state index contributed by atoms with van der Waals surface area (Å²) in [5, 5.41) is 0. The van der Waals surface area contributed by atoms with E-state index in [1.807, 2.05) is 0 Å². The molecule has 0 aromatic carbocycles. The van der Waals surface area contributed by atoms with E-state index in [4.69, 9.17) is 10.7 Å². The third kappa shape index (κ3) is 2.46. The van der Waals surface area contributed by atoms with E-state index >= 15 is 0 Å². The van der Waals surface area contributed by atoms with Gasteiger partial charge in [0.15, 0.2) is 0 Å². The van der Waals surface area contributed by atoms with Gasteiger partial charge in [0.25, 0.3) is 0 Å². The average Bonchev–Trinajstić information content (AvgIpc) is 2.85. The first-order chi connectivity index (χ1) is 7.85. The van der Waals surface area contributed by atoms with Crippen molar-refractivity contribution in [3.05, 3.63) is 11.8 Å². The Hall–Kier alpha value is -0.830. The Balaban J connectivity index is 1.93. The number of allylic oxidation sites excluding steroid dienone is 1. The second-order valence-corrected chi connectivity index (χ2v) is 4.77. The number of hydrogen-bond acceptors (Lipinski definition) is 3. The zero-order valence-electron chi connectivity index (χ0n) is 10.3. The predicted octanol–water partition coefficient (Wildman–Crippen LogP) is 1.94. The van der Waals surface area contributed by atoms with E-state index in [0.29, 0.717) is 6.04 Å². The van der Waals surface area contributed by atoms with Crippen LogP contribution in [-0.4, -0.2) is 36.3 Å². The van der Waals surface area contributed by atoms with Crippen molar-refractivity contribution in [1.82, 2.24) is 4.90 Å². The fourth-order valence-electron chi connectivity index (χ4n) is 2.77. The minimum absolute atomic E-state index is 0.696. The number of rotatable bonds is 3. The molecule has 2 heterocycles. The Labute approximate surface area is 98.4 Å². The van der Waals surface area contributed by atoms with Gasteiger partial charge in [-0.05, 0) is 57.0 Å². The van der Waals surface area contributed by atoms with Gasteiger partial charge in [-0.2, -0.15) is 0 Å². The van der Waals surface area contributed by atoms with Crippen LogP contribution >= 0.6 is 0 Å². The van der Waals surface area contributed by atoms with Gasteiger partial charge in [0.05, 0.1) is 6.54 Å². The average molecular weight is 221 g/mol. The normalized spacial score (nSPS) is 28.2. The van der Waals surface area contributed by atoms with Gasteiger partial charge in [-0.15, -0.1) is 0 Å². The van der Waals surface area contributed by atoms with Crippen LogP contribution in [0.25, 0.3) is 0 Å². The van der Waals surface area contributed by atoms with E-state index in [9.17, 15) is 0 Å². The third-order valence-corrected chi connectivity index (χ3v) is 3.82. The lowest BCUT2D eigenvalue weighted by molar-refractivity contribution is 0.234.